The summed E-state index contributed by atoms with van der Waals surface area (Å²) in [6, 6.07) is 51.9. The number of para-hydroxylation sites is 1. The summed E-state index contributed by atoms with van der Waals surface area (Å²) in [6.45, 7) is 0. The molecule has 0 bridgehead atoms. The molecule has 0 aliphatic carbocycles. The van der Waals surface area contributed by atoms with Crippen molar-refractivity contribution in [2.75, 3.05) is 0 Å². The highest BCUT2D eigenvalue weighted by molar-refractivity contribution is 6.22. The Morgan fingerprint density at radius 2 is 0.955 bits per heavy atom. The summed E-state index contributed by atoms with van der Waals surface area (Å²) in [5.74, 6) is 1.80. The highest BCUT2D eigenvalue weighted by atomic mass is 16.5. The highest BCUT2D eigenvalue weighted by Gasteiger charge is 2.22. The van der Waals surface area contributed by atoms with Gasteiger partial charge in [0.05, 0.1) is 0 Å². The summed E-state index contributed by atoms with van der Waals surface area (Å²) >= 11 is 0. The van der Waals surface area contributed by atoms with Crippen molar-refractivity contribution in [3.63, 3.8) is 0 Å². The van der Waals surface area contributed by atoms with Gasteiger partial charge in [0.2, 0.25) is 0 Å². The smallest absolute Gasteiger partial charge is 0.135 e. The summed E-state index contributed by atoms with van der Waals surface area (Å²) < 4.78 is 12.8. The van der Waals surface area contributed by atoms with Crippen LogP contribution in [-0.4, -0.2) is 0 Å². The van der Waals surface area contributed by atoms with Gasteiger partial charge in [0.25, 0.3) is 0 Å². The standard InChI is InChI=1S/C42H24O2/c1-3-14-33-31(12-1)40(26-20-22-37-35(23-26)28-11-5-6-17-36(28)43-37)32-13-2-4-15-34(32)41(33)27-19-21-29-30-16-7-9-25-10-8-18-38(42(25)30)44-39(29)24-27/h1-24H. The van der Waals surface area contributed by atoms with Crippen LogP contribution in [0.25, 0.3) is 87.6 Å². The zero-order valence-corrected chi connectivity index (χ0v) is 23.7. The van der Waals surface area contributed by atoms with Gasteiger partial charge in [0.15, 0.2) is 0 Å². The topological polar surface area (TPSA) is 22.4 Å². The molecular formula is C42H24O2. The molecule has 1 aromatic heterocycles. The first kappa shape index (κ1) is 23.7. The summed E-state index contributed by atoms with van der Waals surface area (Å²) in [7, 11) is 0. The summed E-state index contributed by atoms with van der Waals surface area (Å²) in [5.41, 5.74) is 8.96. The third-order valence-electron chi connectivity index (χ3n) is 9.24. The first-order valence-corrected chi connectivity index (χ1v) is 15.0. The molecule has 0 radical (unpaired) electrons. The lowest BCUT2D eigenvalue weighted by Gasteiger charge is -2.23. The number of benzene rings is 8. The van der Waals surface area contributed by atoms with Crippen LogP contribution in [0.5, 0.6) is 11.5 Å². The Hall–Kier alpha value is -5.86. The van der Waals surface area contributed by atoms with Gasteiger partial charge in [-0.1, -0.05) is 109 Å². The molecule has 0 atom stereocenters. The van der Waals surface area contributed by atoms with Crippen LogP contribution >= 0.6 is 0 Å². The first-order chi connectivity index (χ1) is 21.8. The van der Waals surface area contributed by atoms with E-state index in [0.29, 0.717) is 0 Å². The fourth-order valence-corrected chi connectivity index (χ4v) is 7.35. The summed E-state index contributed by atoms with van der Waals surface area (Å²) in [4.78, 5) is 0. The maximum atomic E-state index is 6.59. The number of fused-ring (bicyclic) bond motifs is 7. The predicted molar refractivity (Wildman–Crippen MR) is 183 cm³/mol. The van der Waals surface area contributed by atoms with Gasteiger partial charge in [-0.15, -0.1) is 0 Å². The number of hydrogen-bond acceptors (Lipinski definition) is 2. The number of rotatable bonds is 2. The van der Waals surface area contributed by atoms with E-state index in [2.05, 4.69) is 133 Å². The molecular weight excluding hydrogens is 536 g/mol. The minimum atomic E-state index is 0.892. The Labute approximate surface area is 253 Å². The van der Waals surface area contributed by atoms with Gasteiger partial charge >= 0.3 is 0 Å². The molecule has 44 heavy (non-hydrogen) atoms. The van der Waals surface area contributed by atoms with E-state index in [9.17, 15) is 0 Å². The SMILES string of the molecule is c1cc2c3c(cccc3c1)-c1ccc(-c3c4ccccc4c(-c4ccc5oc6ccccc6c5c4)c4ccccc34)cc1O2. The fraction of sp³-hybridized carbons (Fsp3) is 0. The second kappa shape index (κ2) is 8.82. The largest absolute Gasteiger partial charge is 0.456 e. The van der Waals surface area contributed by atoms with Crippen molar-refractivity contribution in [1.29, 1.82) is 0 Å². The molecule has 0 unspecified atom stereocenters. The summed E-state index contributed by atoms with van der Waals surface area (Å²) in [6.07, 6.45) is 0. The quantitative estimate of drug-likeness (QED) is 0.196. The Balaban J connectivity index is 1.24. The maximum absolute atomic E-state index is 6.59. The van der Waals surface area contributed by atoms with Crippen LogP contribution in [0.15, 0.2) is 150 Å². The van der Waals surface area contributed by atoms with E-state index >= 15 is 0 Å². The van der Waals surface area contributed by atoms with Crippen molar-refractivity contribution in [2.24, 2.45) is 0 Å². The van der Waals surface area contributed by atoms with Gasteiger partial charge < -0.3 is 9.15 Å². The fourth-order valence-electron chi connectivity index (χ4n) is 7.35. The number of furan rings is 1. The van der Waals surface area contributed by atoms with Crippen molar-refractivity contribution >= 4 is 54.3 Å². The summed E-state index contributed by atoms with van der Waals surface area (Å²) in [5, 5.41) is 9.54. The van der Waals surface area contributed by atoms with E-state index in [4.69, 9.17) is 9.15 Å². The Morgan fingerprint density at radius 1 is 0.364 bits per heavy atom. The van der Waals surface area contributed by atoms with Gasteiger partial charge in [0.1, 0.15) is 22.7 Å². The molecule has 1 aliphatic heterocycles. The van der Waals surface area contributed by atoms with Gasteiger partial charge in [-0.25, -0.2) is 0 Å². The molecule has 0 fully saturated rings. The lowest BCUT2D eigenvalue weighted by molar-refractivity contribution is 0.487. The van der Waals surface area contributed by atoms with E-state index in [-0.39, 0.29) is 0 Å². The van der Waals surface area contributed by atoms with Crippen molar-refractivity contribution in [3.8, 4) is 44.9 Å². The predicted octanol–water partition coefficient (Wildman–Crippen LogP) is 12.2. The lowest BCUT2D eigenvalue weighted by Crippen LogP contribution is -1.97. The molecule has 10 rings (SSSR count). The normalized spacial score (nSPS) is 12.3. The van der Waals surface area contributed by atoms with Crippen LogP contribution in [0.1, 0.15) is 0 Å². The van der Waals surface area contributed by atoms with Crippen LogP contribution in [0.2, 0.25) is 0 Å². The molecule has 0 saturated heterocycles. The first-order valence-electron chi connectivity index (χ1n) is 15.0. The lowest BCUT2D eigenvalue weighted by atomic mass is 9.85. The minimum absolute atomic E-state index is 0.892. The average molecular weight is 561 g/mol. The van der Waals surface area contributed by atoms with Crippen molar-refractivity contribution in [3.05, 3.63) is 146 Å². The Morgan fingerprint density at radius 3 is 1.68 bits per heavy atom. The molecule has 2 nitrogen and oxygen atoms in total. The van der Waals surface area contributed by atoms with Crippen molar-refractivity contribution in [1.82, 2.24) is 0 Å². The van der Waals surface area contributed by atoms with Crippen molar-refractivity contribution in [2.45, 2.75) is 0 Å². The second-order valence-corrected chi connectivity index (χ2v) is 11.6. The minimum Gasteiger partial charge on any atom is -0.456 e. The molecule has 204 valence electrons. The third-order valence-corrected chi connectivity index (χ3v) is 9.24. The molecule has 9 aromatic rings. The molecule has 2 heterocycles. The maximum Gasteiger partial charge on any atom is 0.135 e. The van der Waals surface area contributed by atoms with Crippen molar-refractivity contribution < 1.29 is 9.15 Å². The van der Waals surface area contributed by atoms with E-state index in [1.54, 1.807) is 0 Å². The number of hydrogen-bond donors (Lipinski definition) is 0. The highest BCUT2D eigenvalue weighted by Crippen LogP contribution is 2.50. The molecule has 8 aromatic carbocycles. The third kappa shape index (κ3) is 3.25. The zero-order chi connectivity index (χ0) is 28.8. The molecule has 0 amide bonds. The van der Waals surface area contributed by atoms with Gasteiger partial charge in [-0.05, 0) is 91.1 Å². The Kier molecular flexibility index (Phi) is 4.75. The van der Waals surface area contributed by atoms with Crippen LogP contribution in [0, 0.1) is 0 Å². The van der Waals surface area contributed by atoms with E-state index in [1.807, 2.05) is 12.1 Å². The van der Waals surface area contributed by atoms with Crippen LogP contribution < -0.4 is 4.74 Å². The van der Waals surface area contributed by atoms with E-state index < -0.39 is 0 Å². The van der Waals surface area contributed by atoms with E-state index in [1.165, 1.54) is 54.6 Å². The van der Waals surface area contributed by atoms with Gasteiger partial charge in [-0.3, -0.25) is 0 Å². The molecule has 0 spiro atoms. The van der Waals surface area contributed by atoms with Crippen LogP contribution in [0.4, 0.5) is 0 Å². The van der Waals surface area contributed by atoms with Gasteiger partial charge in [0, 0.05) is 21.7 Å². The second-order valence-electron chi connectivity index (χ2n) is 11.6. The average Bonchev–Trinajstić information content (AvgIpc) is 3.45. The molecule has 0 saturated carbocycles. The zero-order valence-electron chi connectivity index (χ0n) is 23.7. The Bertz CT molecular complexity index is 2580. The van der Waals surface area contributed by atoms with Gasteiger partial charge in [-0.2, -0.15) is 0 Å². The van der Waals surface area contributed by atoms with E-state index in [0.717, 1.165) is 44.6 Å². The van der Waals surface area contributed by atoms with Crippen LogP contribution in [-0.2, 0) is 0 Å². The monoisotopic (exact) mass is 560 g/mol. The number of ether oxygens (including phenoxy) is 1. The molecule has 2 heteroatoms. The molecule has 1 aliphatic rings. The van der Waals surface area contributed by atoms with Crippen LogP contribution in [0.3, 0.4) is 0 Å². The molecule has 0 N–H and O–H groups in total.